The lowest BCUT2D eigenvalue weighted by Crippen LogP contribution is -2.13. The van der Waals surface area contributed by atoms with E-state index in [0.717, 1.165) is 10.5 Å². The second kappa shape index (κ2) is 7.55. The van der Waals surface area contributed by atoms with Crippen LogP contribution in [0.15, 0.2) is 64.0 Å². The van der Waals surface area contributed by atoms with Crippen LogP contribution in [-0.4, -0.2) is 16.8 Å². The number of hydrogen-bond donors (Lipinski definition) is 1. The molecule has 1 aromatic heterocycles. The Morgan fingerprint density at radius 1 is 1.17 bits per heavy atom. The van der Waals surface area contributed by atoms with Crippen LogP contribution in [0.3, 0.4) is 0 Å². The molecule has 1 heterocycles. The zero-order valence-corrected chi connectivity index (χ0v) is 14.5. The molecule has 0 saturated carbocycles. The van der Waals surface area contributed by atoms with E-state index in [0.29, 0.717) is 16.6 Å². The second-order valence-corrected chi connectivity index (χ2v) is 6.72. The van der Waals surface area contributed by atoms with Crippen LogP contribution in [-0.2, 0) is 4.79 Å². The van der Waals surface area contributed by atoms with Crippen molar-refractivity contribution in [2.45, 2.75) is 11.8 Å². The van der Waals surface area contributed by atoms with Crippen LogP contribution in [0.25, 0.3) is 11.3 Å². The SMILES string of the molecule is Cc1ccc(-c2cc(NC(=O)CSc3ccc(Cl)cc3)on2)cc1. The van der Waals surface area contributed by atoms with Crippen molar-refractivity contribution < 1.29 is 9.32 Å². The summed E-state index contributed by atoms with van der Waals surface area (Å²) < 4.78 is 5.18. The second-order valence-electron chi connectivity index (χ2n) is 5.23. The van der Waals surface area contributed by atoms with E-state index in [-0.39, 0.29) is 11.7 Å². The standard InChI is InChI=1S/C18H15ClN2O2S/c1-12-2-4-13(5-3-12)16-10-18(23-21-16)20-17(22)11-24-15-8-6-14(19)7-9-15/h2-10H,11H2,1H3,(H,20,22). The maximum Gasteiger partial charge on any atom is 0.237 e. The van der Waals surface area contributed by atoms with Crippen LogP contribution < -0.4 is 5.32 Å². The van der Waals surface area contributed by atoms with Gasteiger partial charge in [0.1, 0.15) is 5.69 Å². The molecule has 6 heteroatoms. The summed E-state index contributed by atoms with van der Waals surface area (Å²) in [5.41, 5.74) is 2.81. The van der Waals surface area contributed by atoms with Crippen LogP contribution in [0.4, 0.5) is 5.88 Å². The predicted molar refractivity (Wildman–Crippen MR) is 97.5 cm³/mol. The highest BCUT2D eigenvalue weighted by atomic mass is 35.5. The van der Waals surface area contributed by atoms with Crippen LogP contribution in [0.1, 0.15) is 5.56 Å². The van der Waals surface area contributed by atoms with Gasteiger partial charge in [0.25, 0.3) is 0 Å². The minimum Gasteiger partial charge on any atom is -0.338 e. The number of nitrogens with one attached hydrogen (secondary N) is 1. The molecule has 0 aliphatic rings. The molecule has 0 saturated heterocycles. The van der Waals surface area contributed by atoms with E-state index in [1.54, 1.807) is 18.2 Å². The van der Waals surface area contributed by atoms with Crippen molar-refractivity contribution in [3.05, 3.63) is 65.2 Å². The molecule has 3 rings (SSSR count). The molecule has 0 aliphatic heterocycles. The highest BCUT2D eigenvalue weighted by Crippen LogP contribution is 2.23. The van der Waals surface area contributed by atoms with Gasteiger partial charge in [0.15, 0.2) is 0 Å². The van der Waals surface area contributed by atoms with E-state index in [1.807, 2.05) is 43.3 Å². The smallest absolute Gasteiger partial charge is 0.237 e. The Balaban J connectivity index is 1.57. The largest absolute Gasteiger partial charge is 0.338 e. The van der Waals surface area contributed by atoms with Crippen molar-refractivity contribution in [1.82, 2.24) is 5.16 Å². The van der Waals surface area contributed by atoms with Crippen molar-refractivity contribution in [1.29, 1.82) is 0 Å². The third-order valence-corrected chi connectivity index (χ3v) is 4.57. The van der Waals surface area contributed by atoms with E-state index in [1.165, 1.54) is 17.3 Å². The molecule has 0 spiro atoms. The molecule has 24 heavy (non-hydrogen) atoms. The average molecular weight is 359 g/mol. The summed E-state index contributed by atoms with van der Waals surface area (Å²) >= 11 is 7.26. The van der Waals surface area contributed by atoms with E-state index in [2.05, 4.69) is 10.5 Å². The highest BCUT2D eigenvalue weighted by molar-refractivity contribution is 8.00. The van der Waals surface area contributed by atoms with Crippen molar-refractivity contribution in [3.8, 4) is 11.3 Å². The van der Waals surface area contributed by atoms with Crippen LogP contribution in [0.2, 0.25) is 5.02 Å². The van der Waals surface area contributed by atoms with Gasteiger partial charge in [-0.1, -0.05) is 46.6 Å². The first kappa shape index (κ1) is 16.6. The fourth-order valence-corrected chi connectivity index (χ4v) is 2.87. The molecule has 1 N–H and O–H groups in total. The van der Waals surface area contributed by atoms with E-state index < -0.39 is 0 Å². The van der Waals surface area contributed by atoms with Crippen molar-refractivity contribution in [2.24, 2.45) is 0 Å². The normalized spacial score (nSPS) is 10.6. The zero-order chi connectivity index (χ0) is 16.9. The molecule has 0 aliphatic carbocycles. The molecule has 2 aromatic carbocycles. The highest BCUT2D eigenvalue weighted by Gasteiger charge is 2.10. The number of halogens is 1. The van der Waals surface area contributed by atoms with E-state index in [4.69, 9.17) is 16.1 Å². The van der Waals surface area contributed by atoms with Crippen LogP contribution in [0.5, 0.6) is 0 Å². The molecule has 122 valence electrons. The lowest BCUT2D eigenvalue weighted by molar-refractivity contribution is -0.113. The molecule has 1 amide bonds. The maximum atomic E-state index is 12.0. The molecule has 3 aromatic rings. The van der Waals surface area contributed by atoms with Gasteiger partial charge in [-0.3, -0.25) is 10.1 Å². The Labute approximate surface area is 149 Å². The first-order chi connectivity index (χ1) is 11.6. The summed E-state index contributed by atoms with van der Waals surface area (Å²) in [4.78, 5) is 13.0. The first-order valence-electron chi connectivity index (χ1n) is 7.32. The Morgan fingerprint density at radius 3 is 2.58 bits per heavy atom. The van der Waals surface area contributed by atoms with Gasteiger partial charge in [0, 0.05) is 21.5 Å². The maximum absolute atomic E-state index is 12.0. The molecule has 0 unspecified atom stereocenters. The van der Waals surface area contributed by atoms with E-state index >= 15 is 0 Å². The van der Waals surface area contributed by atoms with Gasteiger partial charge in [-0.2, -0.15) is 0 Å². The van der Waals surface area contributed by atoms with Crippen LogP contribution >= 0.6 is 23.4 Å². The van der Waals surface area contributed by atoms with Gasteiger partial charge >= 0.3 is 0 Å². The summed E-state index contributed by atoms with van der Waals surface area (Å²) in [7, 11) is 0. The summed E-state index contributed by atoms with van der Waals surface area (Å²) in [5.74, 6) is 0.469. The number of aromatic nitrogens is 1. The Hall–Kier alpha value is -2.24. The lowest BCUT2D eigenvalue weighted by atomic mass is 10.1. The van der Waals surface area contributed by atoms with Gasteiger partial charge < -0.3 is 4.52 Å². The zero-order valence-electron chi connectivity index (χ0n) is 13.0. The Kier molecular flexibility index (Phi) is 5.23. The summed E-state index contributed by atoms with van der Waals surface area (Å²) in [6, 6.07) is 17.0. The van der Waals surface area contributed by atoms with Crippen molar-refractivity contribution >= 4 is 35.2 Å². The van der Waals surface area contributed by atoms with Gasteiger partial charge in [0.2, 0.25) is 11.8 Å². The minimum absolute atomic E-state index is 0.151. The predicted octanol–water partition coefficient (Wildman–Crippen LogP) is 5.03. The van der Waals surface area contributed by atoms with Crippen LogP contribution in [0, 0.1) is 6.92 Å². The molecule has 0 atom stereocenters. The monoisotopic (exact) mass is 358 g/mol. The number of rotatable bonds is 5. The number of aryl methyl sites for hydroxylation is 1. The van der Waals surface area contributed by atoms with E-state index in [9.17, 15) is 4.79 Å². The molecule has 4 nitrogen and oxygen atoms in total. The third kappa shape index (κ3) is 4.40. The fourth-order valence-electron chi connectivity index (χ4n) is 2.05. The number of anilines is 1. The van der Waals surface area contributed by atoms with Gasteiger partial charge in [0.05, 0.1) is 5.75 Å². The lowest BCUT2D eigenvalue weighted by Gasteiger charge is -2.01. The third-order valence-electron chi connectivity index (χ3n) is 3.30. The molecule has 0 bridgehead atoms. The number of nitrogens with zero attached hydrogens (tertiary/aromatic N) is 1. The number of carbonyl (C=O) groups is 1. The number of benzene rings is 2. The van der Waals surface area contributed by atoms with Crippen molar-refractivity contribution in [2.75, 3.05) is 11.1 Å². The summed E-state index contributed by atoms with van der Waals surface area (Å²) in [6.07, 6.45) is 0. The molecular weight excluding hydrogens is 344 g/mol. The van der Waals surface area contributed by atoms with Crippen molar-refractivity contribution in [3.63, 3.8) is 0 Å². The number of thioether (sulfide) groups is 1. The minimum atomic E-state index is -0.151. The molecule has 0 radical (unpaired) electrons. The fraction of sp³-hybridized carbons (Fsp3) is 0.111. The molecular formula is C18H15ClN2O2S. The first-order valence-corrected chi connectivity index (χ1v) is 8.68. The summed E-state index contributed by atoms with van der Waals surface area (Å²) in [6.45, 7) is 2.02. The Morgan fingerprint density at radius 2 is 1.88 bits per heavy atom. The number of carbonyl (C=O) groups excluding carboxylic acids is 1. The number of hydrogen-bond acceptors (Lipinski definition) is 4. The topological polar surface area (TPSA) is 55.1 Å². The van der Waals surface area contributed by atoms with Gasteiger partial charge in [-0.15, -0.1) is 11.8 Å². The van der Waals surface area contributed by atoms with Gasteiger partial charge in [-0.25, -0.2) is 0 Å². The average Bonchev–Trinajstić information content (AvgIpc) is 3.03. The Bertz CT molecular complexity index is 829. The molecule has 0 fully saturated rings. The van der Waals surface area contributed by atoms with Gasteiger partial charge in [-0.05, 0) is 31.2 Å². The quantitative estimate of drug-likeness (QED) is 0.649. The summed E-state index contributed by atoms with van der Waals surface area (Å²) in [5, 5.41) is 7.37. The number of amides is 1.